The van der Waals surface area contributed by atoms with Crippen molar-refractivity contribution < 1.29 is 4.39 Å². The molecule has 3 heteroatoms. The molecule has 0 unspecified atom stereocenters. The summed E-state index contributed by atoms with van der Waals surface area (Å²) in [6.45, 7) is 1.72. The van der Waals surface area contributed by atoms with E-state index in [9.17, 15) is 4.39 Å². The third kappa shape index (κ3) is 1.74. The van der Waals surface area contributed by atoms with Gasteiger partial charge in [-0.15, -0.1) is 11.6 Å². The van der Waals surface area contributed by atoms with Crippen LogP contribution >= 0.6 is 27.5 Å². The zero-order chi connectivity index (χ0) is 8.43. The lowest BCUT2D eigenvalue weighted by molar-refractivity contribution is 0.616. The Bertz CT molecular complexity index is 273. The van der Waals surface area contributed by atoms with E-state index in [0.717, 1.165) is 10.0 Å². The lowest BCUT2D eigenvalue weighted by Gasteiger charge is -2.03. The molecule has 0 amide bonds. The molecule has 0 nitrogen and oxygen atoms in total. The Morgan fingerprint density at radius 3 is 2.73 bits per heavy atom. The first-order valence-corrected chi connectivity index (χ1v) is 4.49. The second-order valence-corrected chi connectivity index (χ2v) is 3.34. The molecule has 1 rings (SSSR count). The maximum Gasteiger partial charge on any atom is 0.127 e. The third-order valence-electron chi connectivity index (χ3n) is 1.54. The van der Waals surface area contributed by atoms with Gasteiger partial charge in [0.2, 0.25) is 0 Å². The number of rotatable bonds is 1. The van der Waals surface area contributed by atoms with Crippen LogP contribution in [0.4, 0.5) is 4.39 Å². The van der Waals surface area contributed by atoms with Crippen molar-refractivity contribution in [2.24, 2.45) is 0 Å². The minimum atomic E-state index is -0.203. The van der Waals surface area contributed by atoms with Crippen LogP contribution in [0.25, 0.3) is 0 Å². The molecule has 0 atom stereocenters. The first kappa shape index (κ1) is 9.01. The van der Waals surface area contributed by atoms with Gasteiger partial charge in [-0.2, -0.15) is 0 Å². The lowest BCUT2D eigenvalue weighted by Crippen LogP contribution is -1.88. The predicted octanol–water partition coefficient (Wildman–Crippen LogP) is 3.64. The van der Waals surface area contributed by atoms with Crippen LogP contribution in [0.2, 0.25) is 0 Å². The topological polar surface area (TPSA) is 0 Å². The minimum absolute atomic E-state index is 0.203. The number of halogens is 3. The van der Waals surface area contributed by atoms with E-state index in [2.05, 4.69) is 15.9 Å². The monoisotopic (exact) mass is 236 g/mol. The molecule has 0 aromatic heterocycles. The van der Waals surface area contributed by atoms with E-state index < -0.39 is 0 Å². The van der Waals surface area contributed by atoms with Gasteiger partial charge in [0, 0.05) is 10.4 Å². The van der Waals surface area contributed by atoms with Crippen molar-refractivity contribution in [1.82, 2.24) is 0 Å². The summed E-state index contributed by atoms with van der Waals surface area (Å²) in [4.78, 5) is 0. The fraction of sp³-hybridized carbons (Fsp3) is 0.250. The van der Waals surface area contributed by atoms with Crippen LogP contribution in [0, 0.1) is 12.7 Å². The summed E-state index contributed by atoms with van der Waals surface area (Å²) in [5, 5.41) is 0. The number of hydrogen-bond donors (Lipinski definition) is 0. The maximum atomic E-state index is 12.8. The largest absolute Gasteiger partial charge is 0.207 e. The van der Waals surface area contributed by atoms with Crippen molar-refractivity contribution >= 4 is 27.5 Å². The van der Waals surface area contributed by atoms with Crippen LogP contribution in [-0.2, 0) is 5.88 Å². The standard InChI is InChI=1S/C8H7BrClF/c1-5-7(11)3-2-6(4-10)8(5)9/h2-3H,4H2,1H3. The summed E-state index contributed by atoms with van der Waals surface area (Å²) in [5.41, 5.74) is 1.54. The summed E-state index contributed by atoms with van der Waals surface area (Å²) in [6.07, 6.45) is 0. The lowest BCUT2D eigenvalue weighted by atomic mass is 10.1. The van der Waals surface area contributed by atoms with Crippen LogP contribution in [0.3, 0.4) is 0 Å². The summed E-state index contributed by atoms with van der Waals surface area (Å²) in [6, 6.07) is 3.11. The van der Waals surface area contributed by atoms with Crippen molar-refractivity contribution in [3.05, 3.63) is 33.5 Å². The Balaban J connectivity index is 3.25. The van der Waals surface area contributed by atoms with E-state index in [4.69, 9.17) is 11.6 Å². The average molecular weight is 237 g/mol. The molecule has 0 aliphatic carbocycles. The predicted molar refractivity (Wildman–Crippen MR) is 48.4 cm³/mol. The van der Waals surface area contributed by atoms with Gasteiger partial charge in [-0.25, -0.2) is 4.39 Å². The molecular weight excluding hydrogens is 230 g/mol. The Hall–Kier alpha value is -0.0800. The van der Waals surface area contributed by atoms with Crippen molar-refractivity contribution in [2.75, 3.05) is 0 Å². The fourth-order valence-corrected chi connectivity index (χ4v) is 1.67. The smallest absolute Gasteiger partial charge is 0.127 e. The maximum absolute atomic E-state index is 12.8. The van der Waals surface area contributed by atoms with Gasteiger partial charge in [0.25, 0.3) is 0 Å². The van der Waals surface area contributed by atoms with E-state index in [1.165, 1.54) is 6.07 Å². The molecule has 0 spiro atoms. The highest BCUT2D eigenvalue weighted by Crippen LogP contribution is 2.24. The summed E-state index contributed by atoms with van der Waals surface area (Å²) in [5.74, 6) is 0.201. The van der Waals surface area contributed by atoms with Gasteiger partial charge in [-0.05, 0) is 24.1 Å². The van der Waals surface area contributed by atoms with E-state index >= 15 is 0 Å². The molecule has 0 aliphatic heterocycles. The zero-order valence-corrected chi connectivity index (χ0v) is 8.34. The third-order valence-corrected chi connectivity index (χ3v) is 2.94. The van der Waals surface area contributed by atoms with Gasteiger partial charge in [-0.3, -0.25) is 0 Å². The Labute approximate surface area is 78.5 Å². The molecule has 0 N–H and O–H groups in total. The zero-order valence-electron chi connectivity index (χ0n) is 6.00. The summed E-state index contributed by atoms with van der Waals surface area (Å²) >= 11 is 8.87. The van der Waals surface area contributed by atoms with Crippen LogP contribution in [-0.4, -0.2) is 0 Å². The SMILES string of the molecule is Cc1c(F)ccc(CCl)c1Br. The van der Waals surface area contributed by atoms with Crippen LogP contribution < -0.4 is 0 Å². The number of alkyl halides is 1. The van der Waals surface area contributed by atoms with Gasteiger partial charge in [0.05, 0.1) is 0 Å². The second kappa shape index (κ2) is 3.55. The molecule has 11 heavy (non-hydrogen) atoms. The summed E-state index contributed by atoms with van der Waals surface area (Å²) in [7, 11) is 0. The molecule has 0 radical (unpaired) electrons. The van der Waals surface area contributed by atoms with Crippen LogP contribution in [0.15, 0.2) is 16.6 Å². The fourth-order valence-electron chi connectivity index (χ4n) is 0.821. The molecule has 1 aromatic rings. The van der Waals surface area contributed by atoms with Gasteiger partial charge in [-0.1, -0.05) is 22.0 Å². The molecule has 60 valence electrons. The first-order chi connectivity index (χ1) is 5.16. The van der Waals surface area contributed by atoms with Gasteiger partial charge in [0.1, 0.15) is 5.82 Å². The normalized spacial score (nSPS) is 10.2. The van der Waals surface area contributed by atoms with Crippen LogP contribution in [0.5, 0.6) is 0 Å². The van der Waals surface area contributed by atoms with Crippen molar-refractivity contribution in [3.8, 4) is 0 Å². The van der Waals surface area contributed by atoms with Gasteiger partial charge >= 0.3 is 0 Å². The van der Waals surface area contributed by atoms with Crippen LogP contribution in [0.1, 0.15) is 11.1 Å². The quantitative estimate of drug-likeness (QED) is 0.654. The molecule has 0 saturated carbocycles. The number of hydrogen-bond acceptors (Lipinski definition) is 0. The molecule has 0 aliphatic rings. The highest BCUT2D eigenvalue weighted by atomic mass is 79.9. The van der Waals surface area contributed by atoms with E-state index in [1.54, 1.807) is 13.0 Å². The molecule has 0 saturated heterocycles. The van der Waals surface area contributed by atoms with Crippen molar-refractivity contribution in [3.63, 3.8) is 0 Å². The molecule has 0 heterocycles. The Kier molecular flexibility index (Phi) is 2.90. The van der Waals surface area contributed by atoms with E-state index in [0.29, 0.717) is 11.4 Å². The highest BCUT2D eigenvalue weighted by Gasteiger charge is 2.05. The van der Waals surface area contributed by atoms with E-state index in [1.807, 2.05) is 0 Å². The summed E-state index contributed by atoms with van der Waals surface area (Å²) < 4.78 is 13.6. The highest BCUT2D eigenvalue weighted by molar-refractivity contribution is 9.10. The van der Waals surface area contributed by atoms with Crippen molar-refractivity contribution in [2.45, 2.75) is 12.8 Å². The molecule has 1 aromatic carbocycles. The molecule has 0 fully saturated rings. The Morgan fingerprint density at radius 2 is 2.18 bits per heavy atom. The second-order valence-electron chi connectivity index (χ2n) is 2.28. The van der Waals surface area contributed by atoms with Gasteiger partial charge < -0.3 is 0 Å². The molecular formula is C8H7BrClF. The van der Waals surface area contributed by atoms with Gasteiger partial charge in [0.15, 0.2) is 0 Å². The Morgan fingerprint density at radius 1 is 1.55 bits per heavy atom. The number of benzene rings is 1. The molecule has 0 bridgehead atoms. The van der Waals surface area contributed by atoms with Crippen molar-refractivity contribution in [1.29, 1.82) is 0 Å². The minimum Gasteiger partial charge on any atom is -0.207 e. The average Bonchev–Trinajstić information content (AvgIpc) is 2.01. The van der Waals surface area contributed by atoms with E-state index in [-0.39, 0.29) is 5.82 Å². The first-order valence-electron chi connectivity index (χ1n) is 3.16.